The van der Waals surface area contributed by atoms with Crippen LogP contribution >= 0.6 is 0 Å². The summed E-state index contributed by atoms with van der Waals surface area (Å²) in [4.78, 5) is 26.5. The molecular weight excluding hydrogens is 268 g/mol. The Kier molecular flexibility index (Phi) is 4.96. The van der Waals surface area contributed by atoms with Crippen molar-refractivity contribution in [1.82, 2.24) is 4.90 Å². The standard InChI is InChI=1S/C16H22N2O3/c1-3-11(2)15-16(21)17-13-7-5-4-6-12(13)10-18(15)14(20)8-9-19/h4-7,11,15,19H,3,8-10H2,1-2H3,(H,17,21)/t11-,15-/m0/s1. The van der Waals surface area contributed by atoms with Gasteiger partial charge in [0.15, 0.2) is 0 Å². The summed E-state index contributed by atoms with van der Waals surface area (Å²) in [5.74, 6) is -0.280. The molecule has 1 aliphatic heterocycles. The normalized spacial score (nSPS) is 19.5. The number of hydrogen-bond acceptors (Lipinski definition) is 3. The fourth-order valence-electron chi connectivity index (χ4n) is 2.68. The molecule has 0 bridgehead atoms. The van der Waals surface area contributed by atoms with Crippen LogP contribution in [0.1, 0.15) is 32.3 Å². The van der Waals surface area contributed by atoms with Crippen LogP contribution in [-0.2, 0) is 16.1 Å². The van der Waals surface area contributed by atoms with Crippen LogP contribution in [0.5, 0.6) is 0 Å². The number of aliphatic hydroxyl groups is 1. The van der Waals surface area contributed by atoms with Crippen molar-refractivity contribution in [3.63, 3.8) is 0 Å². The van der Waals surface area contributed by atoms with Crippen LogP contribution < -0.4 is 5.32 Å². The van der Waals surface area contributed by atoms with Crippen molar-refractivity contribution in [2.75, 3.05) is 11.9 Å². The van der Waals surface area contributed by atoms with Gasteiger partial charge in [0.25, 0.3) is 0 Å². The third-order valence-electron chi connectivity index (χ3n) is 4.05. The number of benzene rings is 1. The molecule has 2 rings (SSSR count). The molecule has 21 heavy (non-hydrogen) atoms. The first kappa shape index (κ1) is 15.5. The van der Waals surface area contributed by atoms with Gasteiger partial charge < -0.3 is 15.3 Å². The molecule has 1 heterocycles. The number of para-hydroxylation sites is 1. The lowest BCUT2D eigenvalue weighted by Crippen LogP contribution is -2.49. The van der Waals surface area contributed by atoms with E-state index in [0.717, 1.165) is 17.7 Å². The zero-order chi connectivity index (χ0) is 15.4. The van der Waals surface area contributed by atoms with Gasteiger partial charge in [-0.25, -0.2) is 0 Å². The quantitative estimate of drug-likeness (QED) is 0.888. The largest absolute Gasteiger partial charge is 0.396 e. The molecule has 114 valence electrons. The van der Waals surface area contributed by atoms with Gasteiger partial charge in [-0.3, -0.25) is 9.59 Å². The molecule has 5 nitrogen and oxygen atoms in total. The van der Waals surface area contributed by atoms with Crippen LogP contribution in [0, 0.1) is 5.92 Å². The van der Waals surface area contributed by atoms with E-state index in [-0.39, 0.29) is 30.8 Å². The maximum absolute atomic E-state index is 12.5. The highest BCUT2D eigenvalue weighted by atomic mass is 16.3. The summed E-state index contributed by atoms with van der Waals surface area (Å²) in [5.41, 5.74) is 1.68. The second-order valence-electron chi connectivity index (χ2n) is 5.47. The van der Waals surface area contributed by atoms with E-state index in [2.05, 4.69) is 5.32 Å². The lowest BCUT2D eigenvalue weighted by molar-refractivity contribution is -0.141. The minimum Gasteiger partial charge on any atom is -0.396 e. The van der Waals surface area contributed by atoms with Crippen molar-refractivity contribution in [2.45, 2.75) is 39.3 Å². The van der Waals surface area contributed by atoms with Crippen LogP contribution in [0.3, 0.4) is 0 Å². The minimum atomic E-state index is -0.499. The van der Waals surface area contributed by atoms with Gasteiger partial charge in [-0.1, -0.05) is 38.5 Å². The van der Waals surface area contributed by atoms with E-state index in [9.17, 15) is 9.59 Å². The fraction of sp³-hybridized carbons (Fsp3) is 0.500. The molecule has 1 aromatic rings. The van der Waals surface area contributed by atoms with Gasteiger partial charge in [-0.15, -0.1) is 0 Å². The van der Waals surface area contributed by atoms with Crippen molar-refractivity contribution < 1.29 is 14.7 Å². The smallest absolute Gasteiger partial charge is 0.247 e. The molecule has 2 atom stereocenters. The van der Waals surface area contributed by atoms with Crippen LogP contribution in [0.15, 0.2) is 24.3 Å². The summed E-state index contributed by atoms with van der Waals surface area (Å²) >= 11 is 0. The van der Waals surface area contributed by atoms with E-state index in [1.54, 1.807) is 4.90 Å². The number of carbonyl (C=O) groups excluding carboxylic acids is 2. The number of fused-ring (bicyclic) bond motifs is 1. The fourth-order valence-corrected chi connectivity index (χ4v) is 2.68. The Morgan fingerprint density at radius 2 is 2.19 bits per heavy atom. The number of hydrogen-bond donors (Lipinski definition) is 2. The highest BCUT2D eigenvalue weighted by Gasteiger charge is 2.36. The van der Waals surface area contributed by atoms with Gasteiger partial charge in [0.05, 0.1) is 6.61 Å². The Morgan fingerprint density at radius 3 is 2.86 bits per heavy atom. The Hall–Kier alpha value is -1.88. The van der Waals surface area contributed by atoms with Crippen molar-refractivity contribution in [3.05, 3.63) is 29.8 Å². The number of rotatable bonds is 4. The first-order chi connectivity index (χ1) is 10.1. The van der Waals surface area contributed by atoms with Crippen molar-refractivity contribution in [1.29, 1.82) is 0 Å². The molecule has 0 radical (unpaired) electrons. The summed E-state index contributed by atoms with van der Waals surface area (Å²) in [6.07, 6.45) is 0.847. The second-order valence-corrected chi connectivity index (χ2v) is 5.47. The lowest BCUT2D eigenvalue weighted by Gasteiger charge is -2.32. The van der Waals surface area contributed by atoms with Gasteiger partial charge in [0.1, 0.15) is 6.04 Å². The third kappa shape index (κ3) is 3.24. The molecule has 0 saturated heterocycles. The van der Waals surface area contributed by atoms with E-state index in [1.807, 2.05) is 38.1 Å². The minimum absolute atomic E-state index is 0.0440. The van der Waals surface area contributed by atoms with E-state index in [1.165, 1.54) is 0 Å². The Morgan fingerprint density at radius 1 is 1.48 bits per heavy atom. The van der Waals surface area contributed by atoms with Crippen LogP contribution in [0.4, 0.5) is 5.69 Å². The SMILES string of the molecule is CC[C@H](C)[C@H]1C(=O)Nc2ccccc2CN1C(=O)CCO. The molecule has 2 N–H and O–H groups in total. The lowest BCUT2D eigenvalue weighted by atomic mass is 9.96. The molecule has 0 spiro atoms. The molecule has 1 aliphatic rings. The Balaban J connectivity index is 2.39. The predicted octanol–water partition coefficient (Wildman–Crippen LogP) is 1.76. The Labute approximate surface area is 125 Å². The van der Waals surface area contributed by atoms with Crippen molar-refractivity contribution in [2.24, 2.45) is 5.92 Å². The number of amides is 2. The number of carbonyl (C=O) groups is 2. The van der Waals surface area contributed by atoms with Crippen molar-refractivity contribution >= 4 is 17.5 Å². The molecule has 0 aliphatic carbocycles. The van der Waals surface area contributed by atoms with E-state index >= 15 is 0 Å². The molecule has 0 unspecified atom stereocenters. The maximum atomic E-state index is 12.5. The van der Waals surface area contributed by atoms with Crippen molar-refractivity contribution in [3.8, 4) is 0 Å². The number of nitrogens with one attached hydrogen (secondary N) is 1. The van der Waals surface area contributed by atoms with E-state index in [0.29, 0.717) is 6.54 Å². The topological polar surface area (TPSA) is 69.6 Å². The van der Waals surface area contributed by atoms with Crippen LogP contribution in [0.25, 0.3) is 0 Å². The molecular formula is C16H22N2O3. The van der Waals surface area contributed by atoms with E-state index in [4.69, 9.17) is 5.11 Å². The van der Waals surface area contributed by atoms with Gasteiger partial charge in [0.2, 0.25) is 11.8 Å². The summed E-state index contributed by atoms with van der Waals surface area (Å²) < 4.78 is 0. The van der Waals surface area contributed by atoms with Crippen LogP contribution in [-0.4, -0.2) is 34.5 Å². The monoisotopic (exact) mass is 290 g/mol. The molecule has 5 heteroatoms. The average Bonchev–Trinajstić information content (AvgIpc) is 2.62. The predicted molar refractivity (Wildman–Crippen MR) is 80.6 cm³/mol. The third-order valence-corrected chi connectivity index (χ3v) is 4.05. The summed E-state index contributed by atoms with van der Waals surface area (Å²) in [5, 5.41) is 12.0. The molecule has 1 aromatic carbocycles. The average molecular weight is 290 g/mol. The number of anilines is 1. The number of aliphatic hydroxyl groups excluding tert-OH is 1. The Bertz CT molecular complexity index is 530. The zero-order valence-corrected chi connectivity index (χ0v) is 12.5. The summed E-state index contributed by atoms with van der Waals surface area (Å²) in [7, 11) is 0. The molecule has 0 fully saturated rings. The summed E-state index contributed by atoms with van der Waals surface area (Å²) in [6.45, 7) is 4.17. The second kappa shape index (κ2) is 6.72. The molecule has 0 aromatic heterocycles. The number of nitrogens with zero attached hydrogens (tertiary/aromatic N) is 1. The highest BCUT2D eigenvalue weighted by molar-refractivity contribution is 5.99. The first-order valence-corrected chi connectivity index (χ1v) is 7.37. The summed E-state index contributed by atoms with van der Waals surface area (Å²) in [6, 6.07) is 7.02. The maximum Gasteiger partial charge on any atom is 0.247 e. The van der Waals surface area contributed by atoms with E-state index < -0.39 is 6.04 Å². The molecule has 0 saturated carbocycles. The van der Waals surface area contributed by atoms with Gasteiger partial charge >= 0.3 is 0 Å². The van der Waals surface area contributed by atoms with Gasteiger partial charge in [-0.05, 0) is 17.5 Å². The molecule has 2 amide bonds. The van der Waals surface area contributed by atoms with Gasteiger partial charge in [-0.2, -0.15) is 0 Å². The zero-order valence-electron chi connectivity index (χ0n) is 12.5. The van der Waals surface area contributed by atoms with Gasteiger partial charge in [0, 0.05) is 18.7 Å². The van der Waals surface area contributed by atoms with Crippen LogP contribution in [0.2, 0.25) is 0 Å². The first-order valence-electron chi connectivity index (χ1n) is 7.37. The highest BCUT2D eigenvalue weighted by Crippen LogP contribution is 2.27.